The fraction of sp³-hybridized carbons (Fsp3) is 0. The van der Waals surface area contributed by atoms with Crippen molar-refractivity contribution < 1.29 is 4.42 Å². The Morgan fingerprint density at radius 2 is 0.787 bits per heavy atom. The van der Waals surface area contributed by atoms with Gasteiger partial charge in [-0.1, -0.05) is 182 Å². The average molecular weight is 771 g/mol. The van der Waals surface area contributed by atoms with Gasteiger partial charge in [0.05, 0.1) is 0 Å². The number of rotatable bonds is 3. The summed E-state index contributed by atoms with van der Waals surface area (Å²) in [6.45, 7) is 0. The Morgan fingerprint density at radius 1 is 0.246 bits per heavy atom. The fourth-order valence-corrected chi connectivity index (χ4v) is 10.9. The molecule has 0 atom stereocenters. The minimum Gasteiger partial charge on any atom is -0.455 e. The van der Waals surface area contributed by atoms with E-state index in [1.54, 1.807) is 0 Å². The Kier molecular flexibility index (Phi) is 6.62. The van der Waals surface area contributed by atoms with Gasteiger partial charge in [-0.2, -0.15) is 0 Å². The lowest BCUT2D eigenvalue weighted by Crippen LogP contribution is -1.91. The van der Waals surface area contributed by atoms with Gasteiger partial charge in [0.15, 0.2) is 0 Å². The van der Waals surface area contributed by atoms with Crippen LogP contribution >= 0.6 is 0 Å². The zero-order valence-corrected chi connectivity index (χ0v) is 33.0. The summed E-state index contributed by atoms with van der Waals surface area (Å²) in [5.74, 6) is 0. The summed E-state index contributed by atoms with van der Waals surface area (Å²) in [5.41, 5.74) is 9.04. The minimum absolute atomic E-state index is 0.893. The van der Waals surface area contributed by atoms with Crippen LogP contribution in [-0.2, 0) is 0 Å². The zero-order valence-electron chi connectivity index (χ0n) is 33.0. The van der Waals surface area contributed by atoms with E-state index in [0.29, 0.717) is 0 Å². The quantitative estimate of drug-likeness (QED) is 0.129. The smallest absolute Gasteiger partial charge is 0.143 e. The molecule has 14 aromatic rings. The van der Waals surface area contributed by atoms with Crippen LogP contribution in [0.25, 0.3) is 141 Å². The SMILES string of the molecule is c1ccc2c(-c3ccc(-c4cc(-c5ccc6ccc7cccc8ccc5c6c78)c5c(c4)oc4c6ccccc6ccc45)c4ccccc34)c3ccc4ccccc4c3cc2c1. The average Bonchev–Trinajstić information content (AvgIpc) is 3.71. The maximum absolute atomic E-state index is 7.05. The lowest BCUT2D eigenvalue weighted by Gasteiger charge is -2.18. The van der Waals surface area contributed by atoms with Crippen molar-refractivity contribution >= 4 is 108 Å². The van der Waals surface area contributed by atoms with Crippen LogP contribution in [0.5, 0.6) is 0 Å². The zero-order chi connectivity index (χ0) is 39.8. The molecule has 0 amide bonds. The van der Waals surface area contributed by atoms with E-state index in [9.17, 15) is 0 Å². The van der Waals surface area contributed by atoms with Gasteiger partial charge in [-0.15, -0.1) is 0 Å². The van der Waals surface area contributed by atoms with E-state index in [1.165, 1.54) is 109 Å². The molecule has 1 aromatic heterocycles. The first-order chi connectivity index (χ1) is 30.2. The van der Waals surface area contributed by atoms with Crippen molar-refractivity contribution in [3.8, 4) is 33.4 Å². The number of hydrogen-bond donors (Lipinski definition) is 0. The van der Waals surface area contributed by atoms with Gasteiger partial charge in [0.1, 0.15) is 11.2 Å². The van der Waals surface area contributed by atoms with Gasteiger partial charge in [0, 0.05) is 16.2 Å². The summed E-state index contributed by atoms with van der Waals surface area (Å²) in [6.07, 6.45) is 0. The number of fused-ring (bicyclic) bond motifs is 10. The van der Waals surface area contributed by atoms with E-state index in [-0.39, 0.29) is 0 Å². The first kappa shape index (κ1) is 32.9. The lowest BCUT2D eigenvalue weighted by molar-refractivity contribution is 0.673. The van der Waals surface area contributed by atoms with Crippen molar-refractivity contribution in [2.24, 2.45) is 0 Å². The van der Waals surface area contributed by atoms with Crippen LogP contribution in [0.2, 0.25) is 0 Å². The molecule has 0 aliphatic heterocycles. The van der Waals surface area contributed by atoms with Gasteiger partial charge < -0.3 is 4.42 Å². The lowest BCUT2D eigenvalue weighted by atomic mass is 9.85. The third kappa shape index (κ3) is 4.61. The Labute approximate surface area is 350 Å². The molecule has 1 heteroatoms. The van der Waals surface area contributed by atoms with Gasteiger partial charge in [-0.3, -0.25) is 0 Å². The van der Waals surface area contributed by atoms with Crippen LogP contribution in [0.1, 0.15) is 0 Å². The number of hydrogen-bond acceptors (Lipinski definition) is 1. The van der Waals surface area contributed by atoms with Crippen LogP contribution in [0.4, 0.5) is 0 Å². The van der Waals surface area contributed by atoms with E-state index in [4.69, 9.17) is 4.42 Å². The second-order valence-corrected chi connectivity index (χ2v) is 16.7. The number of furan rings is 1. The molecule has 1 nitrogen and oxygen atoms in total. The van der Waals surface area contributed by atoms with Crippen LogP contribution < -0.4 is 0 Å². The van der Waals surface area contributed by atoms with Gasteiger partial charge in [0.25, 0.3) is 0 Å². The Balaban J connectivity index is 1.08. The first-order valence-corrected chi connectivity index (χ1v) is 21.2. The summed E-state index contributed by atoms with van der Waals surface area (Å²) in [6, 6.07) is 76.4. The summed E-state index contributed by atoms with van der Waals surface area (Å²) < 4.78 is 7.05. The van der Waals surface area contributed by atoms with Crippen molar-refractivity contribution in [2.45, 2.75) is 0 Å². The molecule has 0 radical (unpaired) electrons. The highest BCUT2D eigenvalue weighted by Crippen LogP contribution is 2.48. The molecule has 0 fully saturated rings. The molecule has 1 heterocycles. The highest BCUT2D eigenvalue weighted by atomic mass is 16.3. The van der Waals surface area contributed by atoms with E-state index < -0.39 is 0 Å². The van der Waals surface area contributed by atoms with E-state index in [1.807, 2.05) is 0 Å². The van der Waals surface area contributed by atoms with Gasteiger partial charge in [-0.05, 0) is 138 Å². The first-order valence-electron chi connectivity index (χ1n) is 21.2. The van der Waals surface area contributed by atoms with Crippen LogP contribution in [0.3, 0.4) is 0 Å². The van der Waals surface area contributed by atoms with Gasteiger partial charge in [0.2, 0.25) is 0 Å². The second kappa shape index (κ2) is 12.3. The Morgan fingerprint density at radius 3 is 1.59 bits per heavy atom. The third-order valence-electron chi connectivity index (χ3n) is 13.6. The standard InChI is InChI=1S/C60H34O/c1-4-15-42-35(10-1)22-27-51-53(42)32-40-12-3-5-16-44(40)58(51)50-31-30-43(46-18-7-8-19-47(46)50)41-33-54(59-52-29-23-36-11-2-6-17-45(36)60(52)61-55(59)34-41)48-26-24-39-21-20-37-13-9-14-38-25-28-49(48)57(39)56(37)38/h1-34H. The predicted octanol–water partition coefficient (Wildman–Crippen LogP) is 17.3. The van der Waals surface area contributed by atoms with Crippen molar-refractivity contribution in [1.82, 2.24) is 0 Å². The molecule has 0 unspecified atom stereocenters. The third-order valence-corrected chi connectivity index (χ3v) is 13.6. The highest BCUT2D eigenvalue weighted by molar-refractivity contribution is 6.29. The maximum Gasteiger partial charge on any atom is 0.143 e. The van der Waals surface area contributed by atoms with Gasteiger partial charge >= 0.3 is 0 Å². The molecule has 0 saturated heterocycles. The molecule has 61 heavy (non-hydrogen) atoms. The summed E-state index contributed by atoms with van der Waals surface area (Å²) >= 11 is 0. The van der Waals surface area contributed by atoms with Crippen molar-refractivity contribution in [1.29, 1.82) is 0 Å². The van der Waals surface area contributed by atoms with Crippen molar-refractivity contribution in [3.63, 3.8) is 0 Å². The van der Waals surface area contributed by atoms with Crippen molar-refractivity contribution in [2.75, 3.05) is 0 Å². The predicted molar refractivity (Wildman–Crippen MR) is 261 cm³/mol. The van der Waals surface area contributed by atoms with Gasteiger partial charge in [-0.25, -0.2) is 0 Å². The topological polar surface area (TPSA) is 13.1 Å². The largest absolute Gasteiger partial charge is 0.455 e. The molecule has 14 rings (SSSR count). The van der Waals surface area contributed by atoms with E-state index >= 15 is 0 Å². The molecule has 0 spiro atoms. The summed E-state index contributed by atoms with van der Waals surface area (Å²) in [4.78, 5) is 0. The second-order valence-electron chi connectivity index (χ2n) is 16.7. The van der Waals surface area contributed by atoms with E-state index in [0.717, 1.165) is 32.9 Å². The molecular weight excluding hydrogens is 737 g/mol. The summed E-state index contributed by atoms with van der Waals surface area (Å²) in [7, 11) is 0. The molecule has 0 aliphatic rings. The molecular formula is C60H34O. The van der Waals surface area contributed by atoms with Crippen molar-refractivity contribution in [3.05, 3.63) is 206 Å². The van der Waals surface area contributed by atoms with E-state index in [2.05, 4.69) is 206 Å². The van der Waals surface area contributed by atoms with Crippen LogP contribution in [0.15, 0.2) is 211 Å². The maximum atomic E-state index is 7.05. The molecule has 0 aliphatic carbocycles. The molecule has 0 N–H and O–H groups in total. The summed E-state index contributed by atoms with van der Waals surface area (Å²) in [5, 5.41) is 22.3. The number of benzene rings is 13. The normalized spacial score (nSPS) is 12.3. The molecule has 280 valence electrons. The Hall–Kier alpha value is -8.00. The molecule has 13 aromatic carbocycles. The van der Waals surface area contributed by atoms with Crippen LogP contribution in [0, 0.1) is 0 Å². The minimum atomic E-state index is 0.893. The molecule has 0 saturated carbocycles. The fourth-order valence-electron chi connectivity index (χ4n) is 10.9. The monoisotopic (exact) mass is 770 g/mol. The molecule has 0 bridgehead atoms. The Bertz CT molecular complexity index is 4150. The van der Waals surface area contributed by atoms with Crippen LogP contribution in [-0.4, -0.2) is 0 Å². The highest BCUT2D eigenvalue weighted by Gasteiger charge is 2.22.